The molecule has 2 heterocycles. The Morgan fingerprint density at radius 1 is 0.897 bits per heavy atom. The first-order valence-electron chi connectivity index (χ1n) is 10.3. The van der Waals surface area contributed by atoms with Crippen molar-refractivity contribution < 1.29 is 0 Å². The van der Waals surface area contributed by atoms with Crippen LogP contribution in [0.5, 0.6) is 0 Å². The lowest BCUT2D eigenvalue weighted by Crippen LogP contribution is -2.34. The predicted octanol–water partition coefficient (Wildman–Crippen LogP) is 4.68. The third-order valence-electron chi connectivity index (χ3n) is 5.24. The van der Waals surface area contributed by atoms with Crippen LogP contribution in [0.15, 0.2) is 54.6 Å². The maximum absolute atomic E-state index is 6.04. The smallest absolute Gasteiger partial charge is 0.182 e. The van der Waals surface area contributed by atoms with Crippen molar-refractivity contribution >= 4 is 17.4 Å². The number of nitrogens with zero attached hydrogens (tertiary/aromatic N) is 4. The van der Waals surface area contributed by atoms with E-state index >= 15 is 0 Å². The highest BCUT2D eigenvalue weighted by Gasteiger charge is 2.13. The molecule has 2 aromatic carbocycles. The van der Waals surface area contributed by atoms with Gasteiger partial charge in [-0.1, -0.05) is 60.5 Å². The van der Waals surface area contributed by atoms with Gasteiger partial charge in [-0.3, -0.25) is 0 Å². The minimum absolute atomic E-state index is 0.649. The van der Waals surface area contributed by atoms with Gasteiger partial charge in [-0.15, -0.1) is 10.2 Å². The van der Waals surface area contributed by atoms with Gasteiger partial charge in [-0.25, -0.2) is 4.98 Å². The zero-order valence-corrected chi connectivity index (χ0v) is 17.3. The van der Waals surface area contributed by atoms with Crippen LogP contribution in [0, 0.1) is 0 Å². The number of halogens is 1. The molecule has 0 spiro atoms. The molecule has 29 heavy (non-hydrogen) atoms. The maximum Gasteiger partial charge on any atom is 0.182 e. The highest BCUT2D eigenvalue weighted by molar-refractivity contribution is 6.30. The minimum atomic E-state index is 0.649. The first kappa shape index (κ1) is 19.8. The van der Waals surface area contributed by atoms with Crippen molar-refractivity contribution in [3.05, 3.63) is 70.9 Å². The van der Waals surface area contributed by atoms with Crippen molar-refractivity contribution in [3.63, 3.8) is 0 Å². The van der Waals surface area contributed by atoms with Gasteiger partial charge >= 0.3 is 0 Å². The largest absolute Gasteiger partial charge is 0.366 e. The zero-order valence-electron chi connectivity index (χ0n) is 16.5. The van der Waals surface area contributed by atoms with Gasteiger partial charge in [-0.05, 0) is 43.6 Å². The third-order valence-corrected chi connectivity index (χ3v) is 5.50. The fourth-order valence-corrected chi connectivity index (χ4v) is 3.77. The van der Waals surface area contributed by atoms with E-state index in [1.165, 1.54) is 32.4 Å². The first-order valence-corrected chi connectivity index (χ1v) is 10.7. The molecule has 0 radical (unpaired) electrons. The summed E-state index contributed by atoms with van der Waals surface area (Å²) in [4.78, 5) is 7.35. The maximum atomic E-state index is 6.04. The van der Waals surface area contributed by atoms with E-state index in [9.17, 15) is 0 Å². The van der Waals surface area contributed by atoms with Crippen LogP contribution in [-0.2, 0) is 6.42 Å². The van der Waals surface area contributed by atoms with Crippen LogP contribution in [0.1, 0.15) is 30.5 Å². The summed E-state index contributed by atoms with van der Waals surface area (Å²) >= 11 is 6.04. The van der Waals surface area contributed by atoms with Gasteiger partial charge in [0.15, 0.2) is 11.6 Å². The second-order valence-corrected chi connectivity index (χ2v) is 7.87. The van der Waals surface area contributed by atoms with E-state index in [-0.39, 0.29) is 0 Å². The number of hydrogen-bond donors (Lipinski definition) is 1. The van der Waals surface area contributed by atoms with Gasteiger partial charge in [0, 0.05) is 30.1 Å². The molecule has 1 N–H and O–H groups in total. The van der Waals surface area contributed by atoms with E-state index in [0.29, 0.717) is 12.2 Å². The molecule has 1 aromatic heterocycles. The number of nitrogens with one attached hydrogen (secondary N) is 1. The van der Waals surface area contributed by atoms with Gasteiger partial charge in [0.2, 0.25) is 0 Å². The van der Waals surface area contributed by atoms with E-state index in [4.69, 9.17) is 16.6 Å². The molecular weight excluding hydrogens is 382 g/mol. The van der Waals surface area contributed by atoms with E-state index in [1.54, 1.807) is 0 Å². The second-order valence-electron chi connectivity index (χ2n) is 7.43. The van der Waals surface area contributed by atoms with Crippen LogP contribution in [-0.4, -0.2) is 46.3 Å². The molecule has 1 fully saturated rings. The second kappa shape index (κ2) is 9.81. The Morgan fingerprint density at radius 2 is 1.66 bits per heavy atom. The number of hydrogen-bond acceptors (Lipinski definition) is 5. The zero-order chi connectivity index (χ0) is 19.9. The number of rotatable bonds is 7. The molecule has 1 aliphatic rings. The monoisotopic (exact) mass is 407 g/mol. The molecule has 0 aliphatic carbocycles. The number of aromatic nitrogens is 3. The Hall–Kier alpha value is -2.50. The Morgan fingerprint density at radius 3 is 2.41 bits per heavy atom. The predicted molar refractivity (Wildman–Crippen MR) is 118 cm³/mol. The molecule has 150 valence electrons. The van der Waals surface area contributed by atoms with Crippen LogP contribution < -0.4 is 5.32 Å². The first-order chi connectivity index (χ1) is 14.3. The number of piperidine rings is 1. The third kappa shape index (κ3) is 5.52. The Labute approximate surface area is 177 Å². The number of benzene rings is 2. The SMILES string of the molecule is Clc1ccc(Cc2nc(-c3ccccc3)nnc2NCCN2CCCCC2)cc1. The molecule has 6 heteroatoms. The van der Waals surface area contributed by atoms with E-state index in [2.05, 4.69) is 20.4 Å². The number of likely N-dealkylation sites (tertiary alicyclic amines) is 1. The van der Waals surface area contributed by atoms with Crippen molar-refractivity contribution in [2.45, 2.75) is 25.7 Å². The van der Waals surface area contributed by atoms with Crippen LogP contribution in [0.2, 0.25) is 5.02 Å². The Balaban J connectivity index is 1.52. The van der Waals surface area contributed by atoms with Crippen LogP contribution in [0.25, 0.3) is 11.4 Å². The molecule has 1 aliphatic heterocycles. The van der Waals surface area contributed by atoms with Crippen LogP contribution in [0.4, 0.5) is 5.82 Å². The topological polar surface area (TPSA) is 53.9 Å². The average molecular weight is 408 g/mol. The van der Waals surface area contributed by atoms with Crippen molar-refractivity contribution in [1.29, 1.82) is 0 Å². The molecule has 0 atom stereocenters. The summed E-state index contributed by atoms with van der Waals surface area (Å²) in [5.41, 5.74) is 3.02. The van der Waals surface area contributed by atoms with Gasteiger partial charge in [-0.2, -0.15) is 0 Å². The summed E-state index contributed by atoms with van der Waals surface area (Å²) in [6.07, 6.45) is 4.63. The highest BCUT2D eigenvalue weighted by atomic mass is 35.5. The van der Waals surface area contributed by atoms with E-state index in [1.807, 2.05) is 54.6 Å². The van der Waals surface area contributed by atoms with Crippen molar-refractivity contribution in [3.8, 4) is 11.4 Å². The molecule has 0 unspecified atom stereocenters. The molecular formula is C23H26ClN5. The van der Waals surface area contributed by atoms with Gasteiger partial charge in [0.25, 0.3) is 0 Å². The highest BCUT2D eigenvalue weighted by Crippen LogP contribution is 2.20. The number of anilines is 1. The minimum Gasteiger partial charge on any atom is -0.366 e. The fourth-order valence-electron chi connectivity index (χ4n) is 3.64. The lowest BCUT2D eigenvalue weighted by molar-refractivity contribution is 0.237. The fraction of sp³-hybridized carbons (Fsp3) is 0.348. The van der Waals surface area contributed by atoms with Crippen molar-refractivity contribution in [2.24, 2.45) is 0 Å². The molecule has 0 saturated carbocycles. The van der Waals surface area contributed by atoms with Gasteiger partial charge in [0.1, 0.15) is 0 Å². The normalized spacial score (nSPS) is 14.7. The van der Waals surface area contributed by atoms with Gasteiger partial charge < -0.3 is 10.2 Å². The standard InChI is InChI=1S/C23H26ClN5/c24-20-11-9-18(10-12-20)17-21-23(25-13-16-29-14-5-2-6-15-29)28-27-22(26-21)19-7-3-1-4-8-19/h1,3-4,7-12H,2,5-6,13-17H2,(H,25,28). The van der Waals surface area contributed by atoms with Crippen molar-refractivity contribution in [2.75, 3.05) is 31.5 Å². The summed E-state index contributed by atoms with van der Waals surface area (Å²) in [6.45, 7) is 4.24. The van der Waals surface area contributed by atoms with Crippen molar-refractivity contribution in [1.82, 2.24) is 20.1 Å². The summed E-state index contributed by atoms with van der Waals surface area (Å²) in [7, 11) is 0. The molecule has 3 aromatic rings. The average Bonchev–Trinajstić information content (AvgIpc) is 2.77. The van der Waals surface area contributed by atoms with Crippen LogP contribution >= 0.6 is 11.6 Å². The summed E-state index contributed by atoms with van der Waals surface area (Å²) < 4.78 is 0. The molecule has 0 bridgehead atoms. The Kier molecular flexibility index (Phi) is 6.70. The molecule has 1 saturated heterocycles. The summed E-state index contributed by atoms with van der Waals surface area (Å²) in [6, 6.07) is 17.9. The van der Waals surface area contributed by atoms with E-state index in [0.717, 1.165) is 40.8 Å². The molecule has 4 rings (SSSR count). The summed E-state index contributed by atoms with van der Waals surface area (Å²) in [5.74, 6) is 1.41. The molecule has 5 nitrogen and oxygen atoms in total. The molecule has 0 amide bonds. The quantitative estimate of drug-likeness (QED) is 0.616. The lowest BCUT2D eigenvalue weighted by atomic mass is 10.1. The van der Waals surface area contributed by atoms with E-state index < -0.39 is 0 Å². The lowest BCUT2D eigenvalue weighted by Gasteiger charge is -2.26. The Bertz CT molecular complexity index is 908. The van der Waals surface area contributed by atoms with Gasteiger partial charge in [0.05, 0.1) is 5.69 Å². The summed E-state index contributed by atoms with van der Waals surface area (Å²) in [5, 5.41) is 13.1. The van der Waals surface area contributed by atoms with Crippen LogP contribution in [0.3, 0.4) is 0 Å².